The van der Waals surface area contributed by atoms with Crippen molar-refractivity contribution < 1.29 is 14.7 Å². The van der Waals surface area contributed by atoms with E-state index >= 15 is 0 Å². The van der Waals surface area contributed by atoms with Gasteiger partial charge in [-0.05, 0) is 18.8 Å². The molecular formula is C11H18N2O3. The highest BCUT2D eigenvalue weighted by atomic mass is 16.3. The van der Waals surface area contributed by atoms with E-state index in [1.807, 2.05) is 0 Å². The topological polar surface area (TPSA) is 60.9 Å². The zero-order chi connectivity index (χ0) is 11.7. The largest absolute Gasteiger partial charge is 0.391 e. The van der Waals surface area contributed by atoms with Crippen molar-refractivity contribution in [2.75, 3.05) is 20.1 Å². The molecule has 1 atom stereocenters. The van der Waals surface area contributed by atoms with Gasteiger partial charge in [0, 0.05) is 7.05 Å². The van der Waals surface area contributed by atoms with Gasteiger partial charge in [-0.25, -0.2) is 4.79 Å². The quantitative estimate of drug-likeness (QED) is 0.710. The van der Waals surface area contributed by atoms with E-state index < -0.39 is 6.10 Å². The minimum atomic E-state index is -0.554. The number of hydrogen-bond acceptors (Lipinski definition) is 3. The van der Waals surface area contributed by atoms with E-state index in [1.165, 1.54) is 9.80 Å². The maximum absolute atomic E-state index is 11.6. The van der Waals surface area contributed by atoms with E-state index in [9.17, 15) is 14.7 Å². The SMILES string of the molecule is CN1CC(=O)N(CC(O)C2CCCC2)C1=O. The van der Waals surface area contributed by atoms with Crippen LogP contribution in [0.4, 0.5) is 4.79 Å². The van der Waals surface area contributed by atoms with Crippen molar-refractivity contribution in [1.29, 1.82) is 0 Å². The third-order valence-electron chi connectivity index (χ3n) is 3.54. The molecule has 0 radical (unpaired) electrons. The summed E-state index contributed by atoms with van der Waals surface area (Å²) >= 11 is 0. The number of nitrogens with zero attached hydrogens (tertiary/aromatic N) is 2. The number of carbonyl (C=O) groups is 2. The normalized spacial score (nSPS) is 24.6. The molecule has 2 fully saturated rings. The van der Waals surface area contributed by atoms with Crippen molar-refractivity contribution in [3.05, 3.63) is 0 Å². The molecule has 1 unspecified atom stereocenters. The molecule has 2 rings (SSSR count). The number of imide groups is 1. The van der Waals surface area contributed by atoms with Gasteiger partial charge in [-0.2, -0.15) is 0 Å². The number of urea groups is 1. The molecule has 5 nitrogen and oxygen atoms in total. The number of β-amino-alcohol motifs (C(OH)–C–C–N with tert-alkyl or cyclic N) is 1. The Labute approximate surface area is 95.0 Å². The van der Waals surface area contributed by atoms with E-state index in [0.29, 0.717) is 0 Å². The van der Waals surface area contributed by atoms with Crippen molar-refractivity contribution in [2.24, 2.45) is 5.92 Å². The molecule has 1 heterocycles. The van der Waals surface area contributed by atoms with E-state index in [2.05, 4.69) is 0 Å². The van der Waals surface area contributed by atoms with Crippen LogP contribution in [0.2, 0.25) is 0 Å². The highest BCUT2D eigenvalue weighted by molar-refractivity contribution is 6.01. The summed E-state index contributed by atoms with van der Waals surface area (Å²) in [6.07, 6.45) is 3.75. The Kier molecular flexibility index (Phi) is 3.14. The smallest absolute Gasteiger partial charge is 0.327 e. The van der Waals surface area contributed by atoms with Crippen LogP contribution < -0.4 is 0 Å². The molecule has 0 aromatic rings. The Morgan fingerprint density at radius 2 is 2.00 bits per heavy atom. The summed E-state index contributed by atoms with van der Waals surface area (Å²) < 4.78 is 0. The lowest BCUT2D eigenvalue weighted by Gasteiger charge is -2.22. The summed E-state index contributed by atoms with van der Waals surface area (Å²) in [6.45, 7) is 0.295. The van der Waals surface area contributed by atoms with Crippen LogP contribution in [0.1, 0.15) is 25.7 Å². The predicted molar refractivity (Wildman–Crippen MR) is 57.7 cm³/mol. The predicted octanol–water partition coefficient (Wildman–Crippen LogP) is 0.431. The molecule has 1 aliphatic carbocycles. The molecule has 0 bridgehead atoms. The van der Waals surface area contributed by atoms with Crippen LogP contribution in [-0.4, -0.2) is 53.1 Å². The number of likely N-dealkylation sites (N-methyl/N-ethyl adjacent to an activating group) is 1. The number of aliphatic hydroxyl groups is 1. The third-order valence-corrected chi connectivity index (χ3v) is 3.54. The van der Waals surface area contributed by atoms with Gasteiger partial charge < -0.3 is 10.0 Å². The lowest BCUT2D eigenvalue weighted by atomic mass is 10.0. The summed E-state index contributed by atoms with van der Waals surface area (Å²) in [6, 6.07) is -0.290. The van der Waals surface area contributed by atoms with Crippen molar-refractivity contribution in [2.45, 2.75) is 31.8 Å². The third kappa shape index (κ3) is 2.04. The fourth-order valence-corrected chi connectivity index (χ4v) is 2.53. The van der Waals surface area contributed by atoms with Gasteiger partial charge in [0.25, 0.3) is 0 Å². The molecule has 2 aliphatic rings. The Balaban J connectivity index is 1.93. The second kappa shape index (κ2) is 4.41. The molecule has 90 valence electrons. The van der Waals surface area contributed by atoms with Crippen molar-refractivity contribution >= 4 is 11.9 Å². The molecule has 0 spiro atoms. The van der Waals surface area contributed by atoms with Gasteiger partial charge in [0.15, 0.2) is 0 Å². The molecular weight excluding hydrogens is 208 g/mol. The minimum absolute atomic E-state index is 0.135. The standard InChI is InChI=1S/C11H18N2O3/c1-12-7-10(15)13(11(12)16)6-9(14)8-4-2-3-5-8/h8-9,14H,2-7H2,1H3. The Morgan fingerprint density at radius 1 is 1.38 bits per heavy atom. The molecule has 0 aromatic carbocycles. The Bertz CT molecular complexity index is 300. The van der Waals surface area contributed by atoms with Gasteiger partial charge in [-0.1, -0.05) is 12.8 Å². The number of aliphatic hydroxyl groups excluding tert-OH is 1. The second-order valence-corrected chi connectivity index (χ2v) is 4.75. The van der Waals surface area contributed by atoms with E-state index in [1.54, 1.807) is 7.05 Å². The first-order valence-electron chi connectivity index (χ1n) is 5.83. The van der Waals surface area contributed by atoms with Gasteiger partial charge in [-0.3, -0.25) is 9.69 Å². The number of amides is 3. The average molecular weight is 226 g/mol. The summed E-state index contributed by atoms with van der Waals surface area (Å²) in [5, 5.41) is 9.97. The second-order valence-electron chi connectivity index (χ2n) is 4.75. The first-order chi connectivity index (χ1) is 7.59. The van der Waals surface area contributed by atoms with Crippen LogP contribution in [0.15, 0.2) is 0 Å². The highest BCUT2D eigenvalue weighted by Crippen LogP contribution is 2.28. The van der Waals surface area contributed by atoms with Crippen LogP contribution in [0, 0.1) is 5.92 Å². The maximum Gasteiger partial charge on any atom is 0.327 e. The van der Waals surface area contributed by atoms with Gasteiger partial charge in [0.1, 0.15) is 6.54 Å². The zero-order valence-corrected chi connectivity index (χ0v) is 9.56. The summed E-state index contributed by atoms with van der Waals surface area (Å²) in [5.41, 5.74) is 0. The van der Waals surface area contributed by atoms with Crippen LogP contribution >= 0.6 is 0 Å². The van der Waals surface area contributed by atoms with E-state index in [4.69, 9.17) is 0 Å². The van der Waals surface area contributed by atoms with Crippen molar-refractivity contribution in [1.82, 2.24) is 9.80 Å². The molecule has 1 aliphatic heterocycles. The van der Waals surface area contributed by atoms with Crippen LogP contribution in [0.5, 0.6) is 0 Å². The molecule has 1 saturated carbocycles. The molecule has 16 heavy (non-hydrogen) atoms. The molecule has 0 aromatic heterocycles. The zero-order valence-electron chi connectivity index (χ0n) is 9.56. The summed E-state index contributed by atoms with van der Waals surface area (Å²) in [7, 11) is 1.60. The average Bonchev–Trinajstić information content (AvgIpc) is 2.83. The van der Waals surface area contributed by atoms with E-state index in [0.717, 1.165) is 25.7 Å². The Morgan fingerprint density at radius 3 is 2.50 bits per heavy atom. The first-order valence-corrected chi connectivity index (χ1v) is 5.83. The number of hydrogen-bond donors (Lipinski definition) is 1. The maximum atomic E-state index is 11.6. The summed E-state index contributed by atoms with van der Waals surface area (Å²) in [4.78, 5) is 25.6. The van der Waals surface area contributed by atoms with Crippen LogP contribution in [0.3, 0.4) is 0 Å². The van der Waals surface area contributed by atoms with Crippen molar-refractivity contribution in [3.63, 3.8) is 0 Å². The summed E-state index contributed by atoms with van der Waals surface area (Å²) in [5.74, 6) is 0.0519. The number of rotatable bonds is 3. The molecule has 1 saturated heterocycles. The van der Waals surface area contributed by atoms with Gasteiger partial charge in [0.05, 0.1) is 12.6 Å². The van der Waals surface area contributed by atoms with E-state index in [-0.39, 0.29) is 30.9 Å². The molecule has 3 amide bonds. The monoisotopic (exact) mass is 226 g/mol. The minimum Gasteiger partial charge on any atom is -0.391 e. The molecule has 5 heteroatoms. The van der Waals surface area contributed by atoms with Gasteiger partial charge in [0.2, 0.25) is 5.91 Å². The van der Waals surface area contributed by atoms with Gasteiger partial charge >= 0.3 is 6.03 Å². The Hall–Kier alpha value is -1.10. The fourth-order valence-electron chi connectivity index (χ4n) is 2.53. The first kappa shape index (κ1) is 11.4. The van der Waals surface area contributed by atoms with Gasteiger partial charge in [-0.15, -0.1) is 0 Å². The molecule has 1 N–H and O–H groups in total. The lowest BCUT2D eigenvalue weighted by molar-refractivity contribution is -0.126. The van der Waals surface area contributed by atoms with Crippen LogP contribution in [-0.2, 0) is 4.79 Å². The lowest BCUT2D eigenvalue weighted by Crippen LogP contribution is -2.40. The number of carbonyl (C=O) groups excluding carboxylic acids is 2. The van der Waals surface area contributed by atoms with Crippen LogP contribution in [0.25, 0.3) is 0 Å². The highest BCUT2D eigenvalue weighted by Gasteiger charge is 2.36. The van der Waals surface area contributed by atoms with Crippen molar-refractivity contribution in [3.8, 4) is 0 Å². The fraction of sp³-hybridized carbons (Fsp3) is 0.818.